The van der Waals surface area contributed by atoms with Crippen molar-refractivity contribution in [1.82, 2.24) is 0 Å². The highest BCUT2D eigenvalue weighted by molar-refractivity contribution is 7.90. The summed E-state index contributed by atoms with van der Waals surface area (Å²) in [6.07, 6.45) is 3.55. The summed E-state index contributed by atoms with van der Waals surface area (Å²) in [7, 11) is -3.05. The van der Waals surface area contributed by atoms with Crippen LogP contribution in [0.15, 0.2) is 0 Å². The first-order chi connectivity index (χ1) is 5.83. The normalized spacial score (nSPS) is 20.7. The van der Waals surface area contributed by atoms with Gasteiger partial charge in [0.05, 0.1) is 12.2 Å². The van der Waals surface area contributed by atoms with E-state index in [2.05, 4.69) is 0 Å². The number of rotatable bonds is 4. The van der Waals surface area contributed by atoms with Gasteiger partial charge in [-0.2, -0.15) is 0 Å². The van der Waals surface area contributed by atoms with Crippen LogP contribution in [0.25, 0.3) is 0 Å². The van der Waals surface area contributed by atoms with Gasteiger partial charge >= 0.3 is 5.97 Å². The maximum absolute atomic E-state index is 11.0. The van der Waals surface area contributed by atoms with Crippen molar-refractivity contribution >= 4 is 15.8 Å². The van der Waals surface area contributed by atoms with Gasteiger partial charge in [-0.1, -0.05) is 6.42 Å². The molecule has 1 fully saturated rings. The largest absolute Gasteiger partial charge is 0.481 e. The lowest BCUT2D eigenvalue weighted by atomic mass is 9.68. The molecular formula is C8H14O4S. The molecule has 0 spiro atoms. The molecule has 0 radical (unpaired) electrons. The molecular weight excluding hydrogens is 192 g/mol. The van der Waals surface area contributed by atoms with Gasteiger partial charge in [0.1, 0.15) is 9.84 Å². The fourth-order valence-electron chi connectivity index (χ4n) is 1.93. The molecule has 1 aliphatic rings. The molecule has 13 heavy (non-hydrogen) atoms. The van der Waals surface area contributed by atoms with Gasteiger partial charge in [-0.15, -0.1) is 0 Å². The molecule has 1 saturated carbocycles. The van der Waals surface area contributed by atoms with Crippen molar-refractivity contribution < 1.29 is 18.3 Å². The summed E-state index contributed by atoms with van der Waals surface area (Å²) >= 11 is 0. The maximum Gasteiger partial charge on any atom is 0.303 e. The molecule has 0 aromatic heterocycles. The van der Waals surface area contributed by atoms with Crippen LogP contribution in [0.5, 0.6) is 0 Å². The van der Waals surface area contributed by atoms with Crippen LogP contribution in [-0.4, -0.2) is 31.5 Å². The summed E-state index contributed by atoms with van der Waals surface area (Å²) in [5.41, 5.74) is -0.459. The van der Waals surface area contributed by atoms with Crippen molar-refractivity contribution in [1.29, 1.82) is 0 Å². The second-order valence-corrected chi connectivity index (χ2v) is 6.13. The van der Waals surface area contributed by atoms with E-state index in [0.29, 0.717) is 0 Å². The molecule has 0 aromatic rings. The Bertz CT molecular complexity index is 300. The van der Waals surface area contributed by atoms with Gasteiger partial charge in [0.15, 0.2) is 0 Å². The Labute approximate surface area is 77.9 Å². The van der Waals surface area contributed by atoms with Crippen molar-refractivity contribution in [2.75, 3.05) is 12.0 Å². The molecule has 1 rings (SSSR count). The van der Waals surface area contributed by atoms with Crippen LogP contribution in [0.3, 0.4) is 0 Å². The molecule has 0 amide bonds. The lowest BCUT2D eigenvalue weighted by molar-refractivity contribution is -0.140. The second kappa shape index (κ2) is 3.29. The third-order valence-corrected chi connectivity index (χ3v) is 3.65. The third-order valence-electron chi connectivity index (χ3n) is 2.51. The van der Waals surface area contributed by atoms with Crippen LogP contribution < -0.4 is 0 Å². The average molecular weight is 206 g/mol. The van der Waals surface area contributed by atoms with Crippen LogP contribution in [-0.2, 0) is 14.6 Å². The molecule has 0 saturated heterocycles. The van der Waals surface area contributed by atoms with E-state index in [9.17, 15) is 13.2 Å². The van der Waals surface area contributed by atoms with Gasteiger partial charge in [-0.25, -0.2) is 8.42 Å². The number of carboxylic acids is 1. The third kappa shape index (κ3) is 2.99. The summed E-state index contributed by atoms with van der Waals surface area (Å²) in [6.45, 7) is 0. The number of carbonyl (C=O) groups is 1. The smallest absolute Gasteiger partial charge is 0.303 e. The van der Waals surface area contributed by atoms with Crippen molar-refractivity contribution in [3.63, 3.8) is 0 Å². The molecule has 4 nitrogen and oxygen atoms in total. The van der Waals surface area contributed by atoms with E-state index in [-0.39, 0.29) is 12.2 Å². The molecule has 0 aliphatic heterocycles. The van der Waals surface area contributed by atoms with Crippen molar-refractivity contribution in [3.05, 3.63) is 0 Å². The molecule has 0 heterocycles. The highest BCUT2D eigenvalue weighted by atomic mass is 32.2. The zero-order valence-electron chi connectivity index (χ0n) is 7.62. The summed E-state index contributed by atoms with van der Waals surface area (Å²) < 4.78 is 22.1. The van der Waals surface area contributed by atoms with Gasteiger partial charge in [-0.3, -0.25) is 4.79 Å². The van der Waals surface area contributed by atoms with Gasteiger partial charge < -0.3 is 5.11 Å². The zero-order valence-corrected chi connectivity index (χ0v) is 8.43. The summed E-state index contributed by atoms with van der Waals surface area (Å²) in [4.78, 5) is 10.5. The van der Waals surface area contributed by atoms with Crippen LogP contribution >= 0.6 is 0 Å². The SMILES string of the molecule is CS(=O)(=O)CC1(CC(=O)O)CCC1. The summed E-state index contributed by atoms with van der Waals surface area (Å²) in [5.74, 6) is -0.880. The number of carboxylic acid groups (broad SMARTS) is 1. The van der Waals surface area contributed by atoms with Gasteiger partial charge in [0, 0.05) is 6.26 Å². The Morgan fingerprint density at radius 3 is 2.23 bits per heavy atom. The minimum atomic E-state index is -3.05. The lowest BCUT2D eigenvalue weighted by Gasteiger charge is -2.40. The molecule has 1 N–H and O–H groups in total. The van der Waals surface area contributed by atoms with E-state index in [1.165, 1.54) is 0 Å². The fourth-order valence-corrected chi connectivity index (χ4v) is 3.43. The van der Waals surface area contributed by atoms with Gasteiger partial charge in [0.2, 0.25) is 0 Å². The first-order valence-corrected chi connectivity index (χ1v) is 6.29. The Hall–Kier alpha value is -0.580. The average Bonchev–Trinajstić information content (AvgIpc) is 1.78. The Kier molecular flexibility index (Phi) is 2.66. The first-order valence-electron chi connectivity index (χ1n) is 4.23. The highest BCUT2D eigenvalue weighted by Gasteiger charge is 2.41. The van der Waals surface area contributed by atoms with E-state index >= 15 is 0 Å². The van der Waals surface area contributed by atoms with Gasteiger partial charge in [0.25, 0.3) is 0 Å². The van der Waals surface area contributed by atoms with E-state index in [1.54, 1.807) is 0 Å². The van der Waals surface area contributed by atoms with Crippen LogP contribution in [0.4, 0.5) is 0 Å². The predicted molar refractivity (Wildman–Crippen MR) is 48.2 cm³/mol. The van der Waals surface area contributed by atoms with E-state index < -0.39 is 21.2 Å². The maximum atomic E-state index is 11.0. The lowest BCUT2D eigenvalue weighted by Crippen LogP contribution is -2.38. The van der Waals surface area contributed by atoms with E-state index in [4.69, 9.17) is 5.11 Å². The van der Waals surface area contributed by atoms with E-state index in [0.717, 1.165) is 25.5 Å². The fraction of sp³-hybridized carbons (Fsp3) is 0.875. The Morgan fingerprint density at radius 2 is 2.00 bits per heavy atom. The molecule has 0 bridgehead atoms. The van der Waals surface area contributed by atoms with Crippen molar-refractivity contribution in [2.24, 2.45) is 5.41 Å². The molecule has 0 aromatic carbocycles. The van der Waals surface area contributed by atoms with E-state index in [1.807, 2.05) is 0 Å². The van der Waals surface area contributed by atoms with Crippen molar-refractivity contribution in [3.8, 4) is 0 Å². The highest BCUT2D eigenvalue weighted by Crippen LogP contribution is 2.44. The minimum absolute atomic E-state index is 0.0138. The zero-order chi connectivity index (χ0) is 10.1. The standard InChI is InChI=1S/C8H14O4S/c1-13(11,12)6-8(3-2-4-8)5-7(9)10/h2-6H2,1H3,(H,9,10). The quantitative estimate of drug-likeness (QED) is 0.734. The first kappa shape index (κ1) is 10.5. The molecule has 0 unspecified atom stereocenters. The molecule has 1 aliphatic carbocycles. The topological polar surface area (TPSA) is 71.4 Å². The monoisotopic (exact) mass is 206 g/mol. The molecule has 0 atom stereocenters. The van der Waals surface area contributed by atoms with Crippen LogP contribution in [0.1, 0.15) is 25.7 Å². The number of hydrogen-bond donors (Lipinski definition) is 1. The molecule has 76 valence electrons. The Morgan fingerprint density at radius 1 is 1.46 bits per heavy atom. The minimum Gasteiger partial charge on any atom is -0.481 e. The predicted octanol–water partition coefficient (Wildman–Crippen LogP) is 0.676. The Balaban J connectivity index is 2.65. The summed E-state index contributed by atoms with van der Waals surface area (Å²) in [6, 6.07) is 0. The summed E-state index contributed by atoms with van der Waals surface area (Å²) in [5, 5.41) is 8.62. The second-order valence-electron chi connectivity index (χ2n) is 3.99. The number of sulfone groups is 1. The number of aliphatic carboxylic acids is 1. The van der Waals surface area contributed by atoms with Crippen molar-refractivity contribution in [2.45, 2.75) is 25.7 Å². The molecule has 5 heteroatoms. The van der Waals surface area contributed by atoms with Crippen LogP contribution in [0, 0.1) is 5.41 Å². The number of hydrogen-bond acceptors (Lipinski definition) is 3. The van der Waals surface area contributed by atoms with Gasteiger partial charge in [-0.05, 0) is 18.3 Å². The van der Waals surface area contributed by atoms with Crippen LogP contribution in [0.2, 0.25) is 0 Å².